The van der Waals surface area contributed by atoms with Crippen LogP contribution in [-0.2, 0) is 41.7 Å². The summed E-state index contributed by atoms with van der Waals surface area (Å²) in [4.78, 5) is 53.5. The van der Waals surface area contributed by atoms with E-state index in [0.717, 1.165) is 57.8 Å². The van der Waals surface area contributed by atoms with Crippen LogP contribution in [0.4, 0.5) is 11.4 Å². The lowest BCUT2D eigenvalue weighted by Gasteiger charge is -2.27. The number of carboxylic acid groups (broad SMARTS) is 2. The van der Waals surface area contributed by atoms with Gasteiger partial charge in [-0.05, 0) is 105 Å². The number of unbranched alkanes of at least 4 members (excludes halogenated alkanes) is 2. The Hall–Kier alpha value is -7.39. The Labute approximate surface area is 430 Å². The highest BCUT2D eigenvalue weighted by molar-refractivity contribution is 7.94. The molecule has 3 aliphatic heterocycles. The predicted molar refractivity (Wildman–Crippen MR) is 279 cm³/mol. The Bertz CT molecular complexity index is 3520. The molecule has 4 aliphatic rings. The maximum Gasteiger partial charge on any atom is 0.336 e. The zero-order valence-electron chi connectivity index (χ0n) is 41.0. The lowest BCUT2D eigenvalue weighted by molar-refractivity contribution is -0.433. The molecule has 4 aromatic rings. The van der Waals surface area contributed by atoms with Crippen LogP contribution >= 0.6 is 12.0 Å². The molecule has 1 amide bonds. The normalized spacial score (nSPS) is 15.5. The third kappa shape index (κ3) is 10.3. The van der Waals surface area contributed by atoms with Crippen LogP contribution in [-0.4, -0.2) is 74.8 Å². The van der Waals surface area contributed by atoms with Gasteiger partial charge in [0.15, 0.2) is 11.1 Å². The molecule has 0 fully saturated rings. The van der Waals surface area contributed by atoms with E-state index in [2.05, 4.69) is 46.1 Å². The van der Waals surface area contributed by atoms with E-state index in [0.29, 0.717) is 48.0 Å². The maximum atomic E-state index is 13.4. The molecule has 8 rings (SSSR count). The Morgan fingerprint density at radius 3 is 2.35 bits per heavy atom. The minimum Gasteiger partial charge on any atom is -0.508 e. The number of para-hydroxylation sites is 1. The van der Waals surface area contributed by atoms with Crippen LogP contribution in [0.3, 0.4) is 0 Å². The number of carboxylic acids is 2. The number of benzene rings is 5. The molecule has 6 N–H and O–H groups in total. The molecule has 0 unspecified atom stereocenters. The summed E-state index contributed by atoms with van der Waals surface area (Å²) in [7, 11) is -4.62. The SMILES string of the molecule is CC[N+]1=C(/C=C/C=C/C=C2/N(CCCCCC(=O)NCc3c4oc5cc(O)ccc5c(-c5ccc(C(=O)O)cc5C(=O)O)c-4ccc3=O)c3c(cccc3S(=O)(=O)O)C2(C)C)C(C)(C)c2cc(SOOO)ccc21. The van der Waals surface area contributed by atoms with E-state index in [9.17, 15) is 47.5 Å². The minimum absolute atomic E-state index is 0.0417. The molecule has 0 saturated heterocycles. The molecule has 1 aliphatic carbocycles. The van der Waals surface area contributed by atoms with Gasteiger partial charge < -0.3 is 30.0 Å². The minimum atomic E-state index is -4.62. The number of rotatable bonds is 19. The predicted octanol–water partition coefficient (Wildman–Crippen LogP) is 10.4. The largest absolute Gasteiger partial charge is 0.508 e. The lowest BCUT2D eigenvalue weighted by atomic mass is 9.81. The van der Waals surface area contributed by atoms with Crippen LogP contribution in [0.15, 0.2) is 140 Å². The first-order valence-electron chi connectivity index (χ1n) is 23.7. The maximum absolute atomic E-state index is 13.4. The molecule has 0 spiro atoms. The molecule has 3 heterocycles. The number of fused-ring (bicyclic) bond motifs is 4. The zero-order valence-corrected chi connectivity index (χ0v) is 42.7. The number of allylic oxidation sites excluding steroid dienone is 6. The van der Waals surface area contributed by atoms with Gasteiger partial charge in [-0.2, -0.15) is 13.0 Å². The Morgan fingerprint density at radius 1 is 0.865 bits per heavy atom. The highest BCUT2D eigenvalue weighted by Gasteiger charge is 2.45. The molecule has 0 radical (unpaired) electrons. The van der Waals surface area contributed by atoms with E-state index in [4.69, 9.17) is 9.67 Å². The number of aromatic carboxylic acids is 2. The Kier molecular flexibility index (Phi) is 15.2. The molecule has 384 valence electrons. The fourth-order valence-corrected chi connectivity index (χ4v) is 11.2. The number of anilines is 1. The second-order valence-electron chi connectivity index (χ2n) is 18.9. The average molecular weight is 1050 g/mol. The van der Waals surface area contributed by atoms with Crippen LogP contribution in [0.5, 0.6) is 5.75 Å². The molecular formula is C55H54N3O14S2+. The van der Waals surface area contributed by atoms with Crippen molar-refractivity contribution in [2.24, 2.45) is 0 Å². The number of amides is 1. The van der Waals surface area contributed by atoms with Gasteiger partial charge in [0.05, 0.1) is 46.4 Å². The molecule has 17 nitrogen and oxygen atoms in total. The van der Waals surface area contributed by atoms with Crippen molar-refractivity contribution >= 4 is 68.1 Å². The van der Waals surface area contributed by atoms with Crippen molar-refractivity contribution in [3.05, 3.63) is 159 Å². The molecule has 0 atom stereocenters. The number of nitrogens with one attached hydrogen (secondary N) is 1. The van der Waals surface area contributed by atoms with Gasteiger partial charge in [-0.25, -0.2) is 14.8 Å². The van der Waals surface area contributed by atoms with Crippen LogP contribution in [0.1, 0.15) is 97.7 Å². The fourth-order valence-electron chi connectivity index (χ4n) is 10.1. The highest BCUT2D eigenvalue weighted by Crippen LogP contribution is 2.51. The van der Waals surface area contributed by atoms with E-state index in [1.807, 2.05) is 67.3 Å². The number of phenols is 1. The van der Waals surface area contributed by atoms with Crippen LogP contribution in [0.2, 0.25) is 0 Å². The van der Waals surface area contributed by atoms with Crippen molar-refractivity contribution < 1.29 is 66.3 Å². The van der Waals surface area contributed by atoms with Gasteiger partial charge >= 0.3 is 11.9 Å². The van der Waals surface area contributed by atoms with E-state index >= 15 is 0 Å². The number of carbonyl (C=O) groups is 3. The van der Waals surface area contributed by atoms with Crippen molar-refractivity contribution in [2.45, 2.75) is 87.5 Å². The van der Waals surface area contributed by atoms with Crippen molar-refractivity contribution in [2.75, 3.05) is 18.0 Å². The second kappa shape index (κ2) is 21.2. The third-order valence-corrected chi connectivity index (χ3v) is 15.1. The number of phenolic OH excluding ortho intramolecular Hbond substituents is 1. The highest BCUT2D eigenvalue weighted by atomic mass is 32.2. The first-order chi connectivity index (χ1) is 35.2. The number of hydrogen-bond acceptors (Lipinski definition) is 13. The molecule has 0 aromatic heterocycles. The third-order valence-electron chi connectivity index (χ3n) is 13.7. The van der Waals surface area contributed by atoms with Crippen LogP contribution < -0.4 is 15.6 Å². The van der Waals surface area contributed by atoms with Gasteiger partial charge in [0, 0.05) is 69.3 Å². The summed E-state index contributed by atoms with van der Waals surface area (Å²) in [6.45, 7) is 11.2. The summed E-state index contributed by atoms with van der Waals surface area (Å²) in [6, 6.07) is 21.4. The van der Waals surface area contributed by atoms with Gasteiger partial charge in [0.1, 0.15) is 28.5 Å². The quantitative estimate of drug-likeness (QED) is 0.00645. The molecule has 74 heavy (non-hydrogen) atoms. The molecule has 0 bridgehead atoms. The molecule has 19 heteroatoms. The number of nitrogens with zero attached hydrogens (tertiary/aromatic N) is 2. The first-order valence-corrected chi connectivity index (χ1v) is 25.8. The van der Waals surface area contributed by atoms with Crippen molar-refractivity contribution in [1.82, 2.24) is 5.32 Å². The zero-order chi connectivity index (χ0) is 53.3. The van der Waals surface area contributed by atoms with E-state index in [-0.39, 0.29) is 68.5 Å². The Morgan fingerprint density at radius 2 is 1.64 bits per heavy atom. The lowest BCUT2D eigenvalue weighted by Crippen LogP contribution is -2.28. The van der Waals surface area contributed by atoms with Gasteiger partial charge in [-0.15, -0.1) is 4.33 Å². The van der Waals surface area contributed by atoms with Gasteiger partial charge in [0.25, 0.3) is 10.1 Å². The number of carbonyl (C=O) groups excluding carboxylic acids is 1. The van der Waals surface area contributed by atoms with Crippen molar-refractivity contribution in [3.8, 4) is 28.2 Å². The van der Waals surface area contributed by atoms with Gasteiger partial charge in [0.2, 0.25) is 11.6 Å². The molecule has 4 aromatic carbocycles. The number of aromatic hydroxyl groups is 1. The summed E-state index contributed by atoms with van der Waals surface area (Å²) in [5, 5.41) is 45.8. The summed E-state index contributed by atoms with van der Waals surface area (Å²) in [6.07, 6.45) is 11.3. The second-order valence-corrected chi connectivity index (χ2v) is 21.1. The first kappa shape index (κ1) is 52.9. The molecule has 0 saturated carbocycles. The van der Waals surface area contributed by atoms with Gasteiger partial charge in [-0.3, -0.25) is 14.1 Å². The monoisotopic (exact) mass is 1040 g/mol. The van der Waals surface area contributed by atoms with E-state index in [1.54, 1.807) is 6.07 Å². The average Bonchev–Trinajstić information content (AvgIpc) is 3.71. The van der Waals surface area contributed by atoms with Gasteiger partial charge in [-0.1, -0.05) is 61.7 Å². The summed E-state index contributed by atoms with van der Waals surface area (Å²) < 4.78 is 49.1. The topological polar surface area (TPSA) is 253 Å². The standard InChI is InChI=1S/C55H53N3O14S2/c1-6-57-42-25-21-34(73-72-71-66)30-41(42)55(4,5)46(57)16-9-7-10-17-47-54(2,3)40-14-13-15-45(74(67,68)69)50(40)58(47)27-12-8-11-18-48(61)56-31-39-43(60)26-24-37-49(36-23-20-33(59)29-44(36)70-51(37)39)35-22-19-32(52(62)63)28-38(35)53(64)65/h7,9-10,13-17,19-26,28-30H,6,8,11-12,18,27,31H2,1-5H3,(H5-,56,59,60,61,62,63,64,65,66,67,68,69)/p+1. The number of hydrogen-bond donors (Lipinski definition) is 6. The van der Waals surface area contributed by atoms with E-state index in [1.165, 1.54) is 48.5 Å². The van der Waals surface area contributed by atoms with Crippen LogP contribution in [0, 0.1) is 0 Å². The summed E-state index contributed by atoms with van der Waals surface area (Å²) in [5.41, 5.74) is 4.03. The summed E-state index contributed by atoms with van der Waals surface area (Å²) >= 11 is 0.902. The smallest absolute Gasteiger partial charge is 0.336 e. The van der Waals surface area contributed by atoms with Crippen molar-refractivity contribution in [3.63, 3.8) is 0 Å². The van der Waals surface area contributed by atoms with Crippen LogP contribution in [0.25, 0.3) is 33.4 Å². The summed E-state index contributed by atoms with van der Waals surface area (Å²) in [5.74, 6) is -3.20. The molecular weight excluding hydrogens is 991 g/mol. The Balaban J connectivity index is 0.975. The van der Waals surface area contributed by atoms with Crippen molar-refractivity contribution in [1.29, 1.82) is 0 Å². The van der Waals surface area contributed by atoms with E-state index < -0.39 is 32.9 Å². The fraction of sp³-hybridized carbons (Fsp3) is 0.255.